The summed E-state index contributed by atoms with van der Waals surface area (Å²) in [6, 6.07) is 0.265. The monoisotopic (exact) mass is 293 g/mol. The van der Waals surface area contributed by atoms with E-state index in [0.717, 1.165) is 57.8 Å². The van der Waals surface area contributed by atoms with Crippen LogP contribution in [-0.4, -0.2) is 34.6 Å². The number of amides is 1. The van der Waals surface area contributed by atoms with Crippen molar-refractivity contribution in [3.8, 4) is 11.8 Å². The van der Waals surface area contributed by atoms with Gasteiger partial charge in [-0.1, -0.05) is 32.6 Å². The van der Waals surface area contributed by atoms with Crippen molar-refractivity contribution in [1.29, 1.82) is 0 Å². The molecular weight excluding hydrogens is 262 g/mol. The van der Waals surface area contributed by atoms with Crippen LogP contribution in [0.25, 0.3) is 0 Å². The highest BCUT2D eigenvalue weighted by Crippen LogP contribution is 2.22. The SMILES string of the molecule is CCCCC#CCN1C(=O)CCCC[C@@H]1CCC(O)CC. The minimum absolute atomic E-state index is 0.235. The van der Waals surface area contributed by atoms with Crippen LogP contribution in [0.5, 0.6) is 0 Å². The van der Waals surface area contributed by atoms with Gasteiger partial charge in [-0.05, 0) is 38.5 Å². The maximum absolute atomic E-state index is 12.3. The Hall–Kier alpha value is -1.01. The average molecular weight is 293 g/mol. The van der Waals surface area contributed by atoms with Crippen LogP contribution in [0.1, 0.15) is 78.1 Å². The van der Waals surface area contributed by atoms with E-state index < -0.39 is 0 Å². The second-order valence-corrected chi connectivity index (χ2v) is 6.02. The Balaban J connectivity index is 2.56. The number of aliphatic hydroxyl groups excluding tert-OH is 1. The predicted molar refractivity (Wildman–Crippen MR) is 86.8 cm³/mol. The molecule has 1 fully saturated rings. The lowest BCUT2D eigenvalue weighted by Gasteiger charge is -2.29. The number of hydrogen-bond acceptors (Lipinski definition) is 2. The van der Waals surface area contributed by atoms with Gasteiger partial charge in [0.15, 0.2) is 0 Å². The van der Waals surface area contributed by atoms with Gasteiger partial charge in [0.25, 0.3) is 0 Å². The van der Waals surface area contributed by atoms with Gasteiger partial charge in [0.2, 0.25) is 5.91 Å². The van der Waals surface area contributed by atoms with E-state index in [2.05, 4.69) is 18.8 Å². The van der Waals surface area contributed by atoms with E-state index in [0.29, 0.717) is 13.0 Å². The lowest BCUT2D eigenvalue weighted by atomic mass is 10.0. The number of likely N-dealkylation sites (tertiary alicyclic amines) is 1. The normalized spacial score (nSPS) is 20.6. The quantitative estimate of drug-likeness (QED) is 0.576. The van der Waals surface area contributed by atoms with E-state index in [1.807, 2.05) is 11.8 Å². The molecule has 0 bridgehead atoms. The van der Waals surface area contributed by atoms with Gasteiger partial charge in [0.1, 0.15) is 0 Å². The summed E-state index contributed by atoms with van der Waals surface area (Å²) in [6.07, 6.45) is 9.27. The first-order chi connectivity index (χ1) is 10.2. The third kappa shape index (κ3) is 7.00. The zero-order valence-electron chi connectivity index (χ0n) is 13.7. The van der Waals surface area contributed by atoms with Crippen LogP contribution in [0.2, 0.25) is 0 Å². The molecule has 0 radical (unpaired) electrons. The van der Waals surface area contributed by atoms with Crippen LogP contribution < -0.4 is 0 Å². The third-order valence-electron chi connectivity index (χ3n) is 4.27. The molecule has 1 N–H and O–H groups in total. The van der Waals surface area contributed by atoms with Crippen LogP contribution in [0.3, 0.4) is 0 Å². The van der Waals surface area contributed by atoms with Crippen LogP contribution in [-0.2, 0) is 4.79 Å². The number of aliphatic hydroxyl groups is 1. The molecule has 3 heteroatoms. The van der Waals surface area contributed by atoms with Crippen LogP contribution >= 0.6 is 0 Å². The summed E-state index contributed by atoms with van der Waals surface area (Å²) in [5.74, 6) is 6.59. The van der Waals surface area contributed by atoms with E-state index in [4.69, 9.17) is 0 Å². The summed E-state index contributed by atoms with van der Waals surface area (Å²) >= 11 is 0. The molecule has 1 unspecified atom stereocenters. The van der Waals surface area contributed by atoms with Crippen LogP contribution in [0.4, 0.5) is 0 Å². The van der Waals surface area contributed by atoms with Crippen LogP contribution in [0, 0.1) is 11.8 Å². The summed E-state index contributed by atoms with van der Waals surface area (Å²) in [5.41, 5.74) is 0. The Morgan fingerprint density at radius 3 is 2.86 bits per heavy atom. The van der Waals surface area contributed by atoms with Gasteiger partial charge in [-0.15, -0.1) is 5.92 Å². The summed E-state index contributed by atoms with van der Waals surface area (Å²) in [7, 11) is 0. The first kappa shape index (κ1) is 18.0. The molecule has 1 amide bonds. The molecule has 21 heavy (non-hydrogen) atoms. The fourth-order valence-electron chi connectivity index (χ4n) is 2.76. The van der Waals surface area contributed by atoms with Crippen molar-refractivity contribution in [3.05, 3.63) is 0 Å². The van der Waals surface area contributed by atoms with Crippen LogP contribution in [0.15, 0.2) is 0 Å². The number of carbonyl (C=O) groups excluding carboxylic acids is 1. The number of rotatable bonds is 7. The van der Waals surface area contributed by atoms with Crippen molar-refractivity contribution in [2.75, 3.05) is 6.54 Å². The molecule has 2 atom stereocenters. The molecule has 0 aromatic carbocycles. The van der Waals surface area contributed by atoms with Gasteiger partial charge in [-0.2, -0.15) is 0 Å². The van der Waals surface area contributed by atoms with Crippen molar-refractivity contribution < 1.29 is 9.90 Å². The second kappa shape index (κ2) is 10.7. The number of unbranched alkanes of at least 4 members (excludes halogenated alkanes) is 2. The predicted octanol–water partition coefficient (Wildman–Crippen LogP) is 3.50. The zero-order chi connectivity index (χ0) is 15.5. The van der Waals surface area contributed by atoms with Gasteiger partial charge in [-0.3, -0.25) is 4.79 Å². The molecule has 1 aliphatic heterocycles. The molecule has 0 spiro atoms. The molecule has 1 heterocycles. The van der Waals surface area contributed by atoms with E-state index >= 15 is 0 Å². The highest BCUT2D eigenvalue weighted by molar-refractivity contribution is 5.77. The summed E-state index contributed by atoms with van der Waals surface area (Å²) in [6.45, 7) is 4.73. The Morgan fingerprint density at radius 1 is 1.33 bits per heavy atom. The highest BCUT2D eigenvalue weighted by atomic mass is 16.3. The molecule has 0 aromatic heterocycles. The Labute approximate surface area is 130 Å². The van der Waals surface area contributed by atoms with Gasteiger partial charge in [0, 0.05) is 18.9 Å². The largest absolute Gasteiger partial charge is 0.393 e. The van der Waals surface area contributed by atoms with Crippen molar-refractivity contribution in [3.63, 3.8) is 0 Å². The number of nitrogens with zero attached hydrogens (tertiary/aromatic N) is 1. The lowest BCUT2D eigenvalue weighted by molar-refractivity contribution is -0.132. The molecule has 0 aliphatic carbocycles. The molecule has 1 aliphatic rings. The zero-order valence-corrected chi connectivity index (χ0v) is 13.7. The average Bonchev–Trinajstić information content (AvgIpc) is 2.66. The van der Waals surface area contributed by atoms with E-state index in [-0.39, 0.29) is 18.1 Å². The third-order valence-corrected chi connectivity index (χ3v) is 4.27. The molecule has 1 saturated heterocycles. The standard InChI is InChI=1S/C18H31NO2/c1-3-5-6-7-10-15-19-16(13-14-17(20)4-2)11-8-9-12-18(19)21/h16-17,20H,3-6,8-9,11-15H2,1-2H3/t16-,17?/m1/s1. The van der Waals surface area contributed by atoms with Gasteiger partial charge >= 0.3 is 0 Å². The molecule has 1 rings (SSSR count). The molecular formula is C18H31NO2. The van der Waals surface area contributed by atoms with Crippen molar-refractivity contribution in [2.45, 2.75) is 90.2 Å². The molecule has 0 saturated carbocycles. The lowest BCUT2D eigenvalue weighted by Crippen LogP contribution is -2.39. The Bertz CT molecular complexity index is 356. The van der Waals surface area contributed by atoms with E-state index in [1.54, 1.807) is 0 Å². The molecule has 3 nitrogen and oxygen atoms in total. The van der Waals surface area contributed by atoms with Gasteiger partial charge in [-0.25, -0.2) is 0 Å². The molecule has 0 aromatic rings. The Kier molecular flexibility index (Phi) is 9.17. The Morgan fingerprint density at radius 2 is 2.14 bits per heavy atom. The fraction of sp³-hybridized carbons (Fsp3) is 0.833. The minimum Gasteiger partial charge on any atom is -0.393 e. The van der Waals surface area contributed by atoms with Gasteiger partial charge < -0.3 is 10.0 Å². The topological polar surface area (TPSA) is 40.5 Å². The maximum atomic E-state index is 12.3. The fourth-order valence-corrected chi connectivity index (χ4v) is 2.76. The van der Waals surface area contributed by atoms with Crippen molar-refractivity contribution in [1.82, 2.24) is 4.90 Å². The summed E-state index contributed by atoms with van der Waals surface area (Å²) < 4.78 is 0. The highest BCUT2D eigenvalue weighted by Gasteiger charge is 2.25. The summed E-state index contributed by atoms with van der Waals surface area (Å²) in [5, 5.41) is 9.75. The number of carbonyl (C=O) groups is 1. The minimum atomic E-state index is -0.235. The van der Waals surface area contributed by atoms with E-state index in [9.17, 15) is 9.90 Å². The first-order valence-electron chi connectivity index (χ1n) is 8.62. The summed E-state index contributed by atoms with van der Waals surface area (Å²) in [4.78, 5) is 14.2. The maximum Gasteiger partial charge on any atom is 0.223 e. The van der Waals surface area contributed by atoms with Gasteiger partial charge in [0.05, 0.1) is 12.6 Å². The van der Waals surface area contributed by atoms with Crippen molar-refractivity contribution >= 4 is 5.91 Å². The van der Waals surface area contributed by atoms with Crippen molar-refractivity contribution in [2.24, 2.45) is 0 Å². The first-order valence-corrected chi connectivity index (χ1v) is 8.62. The number of hydrogen-bond donors (Lipinski definition) is 1. The molecule has 120 valence electrons. The smallest absolute Gasteiger partial charge is 0.223 e. The second-order valence-electron chi connectivity index (χ2n) is 6.02. The van der Waals surface area contributed by atoms with E-state index in [1.165, 1.54) is 0 Å².